The molecule has 0 aliphatic carbocycles. The van der Waals surface area contributed by atoms with Crippen LogP contribution in [0.2, 0.25) is 0 Å². The standard InChI is InChI=1S/3CHNO.CH4/c3*2-1-3;/h3*2H;1H4. The van der Waals surface area contributed by atoms with E-state index in [4.69, 9.17) is 30.6 Å². The molecule has 0 heterocycles. The molecule has 0 aromatic heterocycles. The summed E-state index contributed by atoms with van der Waals surface area (Å²) in [5.41, 5.74) is 0. The average Bonchev–Trinajstić information content (AvgIpc) is 1.70. The summed E-state index contributed by atoms with van der Waals surface area (Å²) in [6.45, 7) is 0. The lowest BCUT2D eigenvalue weighted by Gasteiger charge is -1.02. The maximum Gasteiger partial charge on any atom is 0.231 e. The van der Waals surface area contributed by atoms with Crippen molar-refractivity contribution in [3.05, 3.63) is 0 Å². The predicted molar refractivity (Wildman–Crippen MR) is 32.0 cm³/mol. The molecule has 0 aliphatic heterocycles. The molecular formula is C4H7N3O3. The van der Waals surface area contributed by atoms with Gasteiger partial charge in [0.25, 0.3) is 0 Å². The van der Waals surface area contributed by atoms with E-state index in [1.165, 1.54) is 0 Å². The minimum absolute atomic E-state index is 0. The average molecular weight is 145 g/mol. The number of carbonyl (C=O) groups excluding carboxylic acids is 3. The Labute approximate surface area is 57.4 Å². The zero-order chi connectivity index (χ0) is 8.12. The van der Waals surface area contributed by atoms with E-state index in [-0.39, 0.29) is 7.43 Å². The van der Waals surface area contributed by atoms with E-state index in [2.05, 4.69) is 0 Å². The molecule has 0 rings (SSSR count). The van der Waals surface area contributed by atoms with Crippen LogP contribution < -0.4 is 0 Å². The summed E-state index contributed by atoms with van der Waals surface area (Å²) in [6.07, 6.45) is 2.25. The van der Waals surface area contributed by atoms with Gasteiger partial charge in [-0.1, -0.05) is 7.43 Å². The van der Waals surface area contributed by atoms with Gasteiger partial charge in [-0.2, -0.15) is 0 Å². The van der Waals surface area contributed by atoms with E-state index in [0.29, 0.717) is 0 Å². The van der Waals surface area contributed by atoms with Gasteiger partial charge in [0.15, 0.2) is 0 Å². The third-order valence-corrected chi connectivity index (χ3v) is 0. The van der Waals surface area contributed by atoms with Crippen LogP contribution in [0.25, 0.3) is 0 Å². The number of hydrogen-bond donors (Lipinski definition) is 3. The largest absolute Gasteiger partial charge is 0.231 e. The van der Waals surface area contributed by atoms with Crippen molar-refractivity contribution >= 4 is 18.2 Å². The van der Waals surface area contributed by atoms with Gasteiger partial charge in [0.05, 0.1) is 0 Å². The van der Waals surface area contributed by atoms with E-state index in [1.807, 2.05) is 0 Å². The fourth-order valence-electron chi connectivity index (χ4n) is 0. The molecular weight excluding hydrogens is 138 g/mol. The highest BCUT2D eigenvalue weighted by molar-refractivity contribution is 5.26. The predicted octanol–water partition coefficient (Wildman–Crippen LogP) is 0.339. The molecule has 0 aromatic carbocycles. The Kier molecular flexibility index (Phi) is 501. The normalized spacial score (nSPS) is 2.40. The van der Waals surface area contributed by atoms with Crippen LogP contribution in [0.3, 0.4) is 0 Å². The van der Waals surface area contributed by atoms with Crippen molar-refractivity contribution in [1.29, 1.82) is 16.2 Å². The Bertz CT molecular complexity index is 107. The first-order valence-corrected chi connectivity index (χ1v) is 1.36. The first kappa shape index (κ1) is 24.2. The van der Waals surface area contributed by atoms with Crippen LogP contribution in [-0.4, -0.2) is 18.2 Å². The summed E-state index contributed by atoms with van der Waals surface area (Å²) in [6, 6.07) is 0. The topological polar surface area (TPSA) is 123 Å². The van der Waals surface area contributed by atoms with Crippen LogP contribution in [0.5, 0.6) is 0 Å². The van der Waals surface area contributed by atoms with Gasteiger partial charge >= 0.3 is 0 Å². The molecule has 3 N–H and O–H groups in total. The summed E-state index contributed by atoms with van der Waals surface area (Å²) >= 11 is 0. The lowest BCUT2D eigenvalue weighted by molar-refractivity contribution is 0.562. The first-order valence-electron chi connectivity index (χ1n) is 1.36. The molecule has 0 unspecified atom stereocenters. The van der Waals surface area contributed by atoms with Gasteiger partial charge in [0.1, 0.15) is 0 Å². The van der Waals surface area contributed by atoms with Crippen LogP contribution in [0.15, 0.2) is 0 Å². The first-order chi connectivity index (χ1) is 4.24. The summed E-state index contributed by atoms with van der Waals surface area (Å²) in [7, 11) is 0. The van der Waals surface area contributed by atoms with E-state index >= 15 is 0 Å². The molecule has 0 spiro atoms. The molecule has 0 radical (unpaired) electrons. The molecule has 0 fully saturated rings. The van der Waals surface area contributed by atoms with Crippen LogP contribution in [0.1, 0.15) is 7.43 Å². The third-order valence-electron chi connectivity index (χ3n) is 0. The van der Waals surface area contributed by atoms with Crippen molar-refractivity contribution in [3.63, 3.8) is 0 Å². The summed E-state index contributed by atoms with van der Waals surface area (Å²) in [4.78, 5) is 25.0. The highest BCUT2D eigenvalue weighted by Gasteiger charge is 1.04. The van der Waals surface area contributed by atoms with Crippen molar-refractivity contribution in [2.75, 3.05) is 0 Å². The van der Waals surface area contributed by atoms with Crippen LogP contribution in [-0.2, 0) is 14.4 Å². The molecule has 0 bridgehead atoms. The molecule has 56 valence electrons. The summed E-state index contributed by atoms with van der Waals surface area (Å²) < 4.78 is 0. The van der Waals surface area contributed by atoms with E-state index in [0.717, 1.165) is 18.2 Å². The van der Waals surface area contributed by atoms with E-state index in [1.54, 1.807) is 0 Å². The van der Waals surface area contributed by atoms with E-state index in [9.17, 15) is 0 Å². The van der Waals surface area contributed by atoms with Crippen molar-refractivity contribution in [2.24, 2.45) is 0 Å². The Morgan fingerprint density at radius 3 is 0.700 bits per heavy atom. The third kappa shape index (κ3) is 46.9. The van der Waals surface area contributed by atoms with Crippen molar-refractivity contribution in [2.45, 2.75) is 7.43 Å². The van der Waals surface area contributed by atoms with Crippen LogP contribution in [0, 0.1) is 16.2 Å². The lowest BCUT2D eigenvalue weighted by atomic mass is 11.7. The monoisotopic (exact) mass is 145 g/mol. The highest BCUT2D eigenvalue weighted by Crippen LogP contribution is 0.874. The van der Waals surface area contributed by atoms with Crippen LogP contribution in [0.4, 0.5) is 0 Å². The smallest absolute Gasteiger partial charge is 0.222 e. The van der Waals surface area contributed by atoms with Crippen LogP contribution >= 0.6 is 0 Å². The molecule has 0 amide bonds. The summed E-state index contributed by atoms with van der Waals surface area (Å²) in [5.74, 6) is 0. The molecule has 0 saturated heterocycles. The molecule has 6 nitrogen and oxygen atoms in total. The second-order valence-electron chi connectivity index (χ2n) is 0.306. The van der Waals surface area contributed by atoms with Crippen molar-refractivity contribution < 1.29 is 14.4 Å². The Morgan fingerprint density at radius 2 is 0.700 bits per heavy atom. The minimum atomic E-state index is 0. The number of isocyanates is 3. The Morgan fingerprint density at radius 1 is 0.700 bits per heavy atom. The van der Waals surface area contributed by atoms with E-state index < -0.39 is 0 Å². The van der Waals surface area contributed by atoms with Gasteiger partial charge in [-0.05, 0) is 0 Å². The maximum absolute atomic E-state index is 8.35. The van der Waals surface area contributed by atoms with Gasteiger partial charge in [0.2, 0.25) is 18.2 Å². The van der Waals surface area contributed by atoms with Gasteiger partial charge in [-0.3, -0.25) is 0 Å². The molecule has 10 heavy (non-hydrogen) atoms. The fraction of sp³-hybridized carbons (Fsp3) is 0.250. The quantitative estimate of drug-likeness (QED) is 0.336. The zero-order valence-electron chi connectivity index (χ0n) is 4.22. The second-order valence-corrected chi connectivity index (χ2v) is 0.306. The van der Waals surface area contributed by atoms with Gasteiger partial charge < -0.3 is 0 Å². The Balaban J connectivity index is -0.0000000257. The van der Waals surface area contributed by atoms with Gasteiger partial charge in [-0.25, -0.2) is 30.6 Å². The number of rotatable bonds is 0. The zero-order valence-corrected chi connectivity index (χ0v) is 4.22. The van der Waals surface area contributed by atoms with Gasteiger partial charge in [0, 0.05) is 0 Å². The number of nitrogens with one attached hydrogen (secondary N) is 3. The lowest BCUT2D eigenvalue weighted by Crippen LogP contribution is -1.16. The minimum Gasteiger partial charge on any atom is -0.222 e. The van der Waals surface area contributed by atoms with Gasteiger partial charge in [-0.15, -0.1) is 0 Å². The molecule has 0 aliphatic rings. The second kappa shape index (κ2) is 207. The molecule has 6 heteroatoms. The van der Waals surface area contributed by atoms with Crippen molar-refractivity contribution in [1.82, 2.24) is 0 Å². The Hall–Kier alpha value is -1.86. The molecule has 0 aromatic rings. The SMILES string of the molecule is C.N=C=O.N=C=O.N=C=O. The van der Waals surface area contributed by atoms with Crippen molar-refractivity contribution in [3.8, 4) is 0 Å². The fourth-order valence-corrected chi connectivity index (χ4v) is 0. The molecule has 0 saturated carbocycles. The maximum atomic E-state index is 8.35. The summed E-state index contributed by atoms with van der Waals surface area (Å²) in [5, 5.41) is 16.2. The molecule has 0 atom stereocenters. The highest BCUT2D eigenvalue weighted by atomic mass is 16.1. The number of hydrogen-bond acceptors (Lipinski definition) is 6.